The molecule has 0 spiro atoms. The topological polar surface area (TPSA) is 26.0 Å². The molecule has 0 amide bonds. The summed E-state index contributed by atoms with van der Waals surface area (Å²) in [5.74, 6) is 0. The molecule has 0 aliphatic rings. The summed E-state index contributed by atoms with van der Waals surface area (Å²) in [4.78, 5) is 1.31. The van der Waals surface area contributed by atoms with Crippen molar-refractivity contribution in [2.45, 2.75) is 13.0 Å². The van der Waals surface area contributed by atoms with E-state index in [0.29, 0.717) is 0 Å². The van der Waals surface area contributed by atoms with Crippen LogP contribution in [-0.2, 0) is 0 Å². The molecule has 2 rings (SSSR count). The van der Waals surface area contributed by atoms with Crippen molar-refractivity contribution in [3.05, 3.63) is 47.3 Å². The molecule has 80 valence electrons. The maximum atomic E-state index is 5.79. The van der Waals surface area contributed by atoms with Crippen molar-refractivity contribution in [1.29, 1.82) is 0 Å². The smallest absolute Gasteiger partial charge is 0.0342 e. The fourth-order valence-corrected chi connectivity index (χ4v) is 2.13. The molecule has 0 radical (unpaired) electrons. The number of hydrogen-bond acceptors (Lipinski definition) is 2. The minimum Gasteiger partial charge on any atom is -0.324 e. The summed E-state index contributed by atoms with van der Waals surface area (Å²) in [5.41, 5.74) is 8.24. The first-order chi connectivity index (χ1) is 6.77. The number of nitrogens with two attached hydrogens (primary N) is 1. The van der Waals surface area contributed by atoms with Gasteiger partial charge in [0.05, 0.1) is 0 Å². The van der Waals surface area contributed by atoms with Crippen LogP contribution in [0.5, 0.6) is 0 Å². The van der Waals surface area contributed by atoms with E-state index in [1.807, 2.05) is 6.92 Å². The Morgan fingerprint density at radius 1 is 1.13 bits per heavy atom. The van der Waals surface area contributed by atoms with Crippen molar-refractivity contribution in [3.8, 4) is 10.4 Å². The molecular weight excluding hydrogens is 226 g/mol. The van der Waals surface area contributed by atoms with Crippen molar-refractivity contribution in [2.24, 2.45) is 5.73 Å². The van der Waals surface area contributed by atoms with Crippen LogP contribution in [0.1, 0.15) is 18.5 Å². The molecule has 1 aromatic heterocycles. The highest BCUT2D eigenvalue weighted by molar-refractivity contribution is 7.13. The van der Waals surface area contributed by atoms with Gasteiger partial charge in [0.15, 0.2) is 0 Å². The lowest BCUT2D eigenvalue weighted by Crippen LogP contribution is -2.04. The molecule has 1 heterocycles. The Morgan fingerprint density at radius 3 is 2.27 bits per heavy atom. The molecule has 0 saturated heterocycles. The highest BCUT2D eigenvalue weighted by Gasteiger charge is 2.00. The van der Waals surface area contributed by atoms with Crippen molar-refractivity contribution in [1.82, 2.24) is 0 Å². The summed E-state index contributed by atoms with van der Waals surface area (Å²) in [6, 6.07) is 12.8. The molecule has 2 N–H and O–H groups in total. The van der Waals surface area contributed by atoms with Gasteiger partial charge in [-0.1, -0.05) is 30.3 Å². The van der Waals surface area contributed by atoms with Crippen molar-refractivity contribution < 1.29 is 0 Å². The molecule has 3 heteroatoms. The van der Waals surface area contributed by atoms with Crippen molar-refractivity contribution >= 4 is 23.7 Å². The SMILES string of the molecule is C[C@H](N)c1ccc(-c2cccs2)cc1.Cl. The second-order valence-electron chi connectivity index (χ2n) is 3.39. The maximum absolute atomic E-state index is 5.79. The lowest BCUT2D eigenvalue weighted by Gasteiger charge is -2.05. The van der Waals surface area contributed by atoms with Gasteiger partial charge in [-0.05, 0) is 29.5 Å². The van der Waals surface area contributed by atoms with Crippen LogP contribution in [0.25, 0.3) is 10.4 Å². The van der Waals surface area contributed by atoms with Crippen LogP contribution in [0.3, 0.4) is 0 Å². The average Bonchev–Trinajstić information content (AvgIpc) is 2.71. The van der Waals surface area contributed by atoms with Gasteiger partial charge >= 0.3 is 0 Å². The summed E-state index contributed by atoms with van der Waals surface area (Å²) in [5, 5.41) is 2.09. The summed E-state index contributed by atoms with van der Waals surface area (Å²) < 4.78 is 0. The Balaban J connectivity index is 0.00000112. The van der Waals surface area contributed by atoms with E-state index in [1.165, 1.54) is 16.0 Å². The van der Waals surface area contributed by atoms with E-state index >= 15 is 0 Å². The number of benzene rings is 1. The summed E-state index contributed by atoms with van der Waals surface area (Å²) >= 11 is 1.76. The summed E-state index contributed by atoms with van der Waals surface area (Å²) in [6.07, 6.45) is 0. The highest BCUT2D eigenvalue weighted by Crippen LogP contribution is 2.25. The van der Waals surface area contributed by atoms with Crippen LogP contribution in [0.15, 0.2) is 41.8 Å². The number of thiophene rings is 1. The highest BCUT2D eigenvalue weighted by atomic mass is 35.5. The van der Waals surface area contributed by atoms with Crippen LogP contribution in [0.4, 0.5) is 0 Å². The number of rotatable bonds is 2. The van der Waals surface area contributed by atoms with Gasteiger partial charge < -0.3 is 5.73 Å². The first-order valence-electron chi connectivity index (χ1n) is 4.67. The van der Waals surface area contributed by atoms with E-state index in [0.717, 1.165) is 0 Å². The van der Waals surface area contributed by atoms with E-state index in [9.17, 15) is 0 Å². The molecule has 15 heavy (non-hydrogen) atoms. The zero-order chi connectivity index (χ0) is 9.97. The van der Waals surface area contributed by atoms with E-state index in [-0.39, 0.29) is 18.4 Å². The first-order valence-corrected chi connectivity index (χ1v) is 5.55. The van der Waals surface area contributed by atoms with Crippen LogP contribution < -0.4 is 5.73 Å². The monoisotopic (exact) mass is 239 g/mol. The molecule has 0 unspecified atom stereocenters. The largest absolute Gasteiger partial charge is 0.324 e. The van der Waals surface area contributed by atoms with Crippen LogP contribution in [-0.4, -0.2) is 0 Å². The van der Waals surface area contributed by atoms with Crippen LogP contribution in [0.2, 0.25) is 0 Å². The molecule has 0 bridgehead atoms. The van der Waals surface area contributed by atoms with Gasteiger partial charge in [-0.2, -0.15) is 0 Å². The second kappa shape index (κ2) is 5.31. The van der Waals surface area contributed by atoms with Gasteiger partial charge in [-0.25, -0.2) is 0 Å². The van der Waals surface area contributed by atoms with Gasteiger partial charge in [0, 0.05) is 10.9 Å². The molecule has 1 nitrogen and oxygen atoms in total. The van der Waals surface area contributed by atoms with Gasteiger partial charge in [0.25, 0.3) is 0 Å². The van der Waals surface area contributed by atoms with E-state index < -0.39 is 0 Å². The van der Waals surface area contributed by atoms with Gasteiger partial charge in [-0.3, -0.25) is 0 Å². The lowest BCUT2D eigenvalue weighted by atomic mass is 10.1. The van der Waals surface area contributed by atoms with Crippen LogP contribution >= 0.6 is 23.7 Å². The molecule has 2 aromatic rings. The minimum absolute atomic E-state index is 0. The van der Waals surface area contributed by atoms with E-state index in [1.54, 1.807) is 11.3 Å². The van der Waals surface area contributed by atoms with Gasteiger partial charge in [-0.15, -0.1) is 23.7 Å². The zero-order valence-electron chi connectivity index (χ0n) is 8.51. The Labute approximate surface area is 100 Å². The average molecular weight is 240 g/mol. The third-order valence-electron chi connectivity index (χ3n) is 2.24. The fourth-order valence-electron chi connectivity index (χ4n) is 1.39. The third-order valence-corrected chi connectivity index (χ3v) is 3.16. The Kier molecular flexibility index (Phi) is 4.33. The Bertz CT molecular complexity index is 392. The molecule has 0 aliphatic heterocycles. The standard InChI is InChI=1S/C12H13NS.ClH/c1-9(13)10-4-6-11(7-5-10)12-3-2-8-14-12;/h2-9H,13H2,1H3;1H/t9-;/m0./s1. The molecule has 1 atom stereocenters. The molecule has 1 aromatic carbocycles. The van der Waals surface area contributed by atoms with Crippen molar-refractivity contribution in [2.75, 3.05) is 0 Å². The quantitative estimate of drug-likeness (QED) is 0.846. The third kappa shape index (κ3) is 2.81. The molecule has 0 fully saturated rings. The molecule has 0 aliphatic carbocycles. The van der Waals surface area contributed by atoms with Crippen molar-refractivity contribution in [3.63, 3.8) is 0 Å². The number of hydrogen-bond donors (Lipinski definition) is 1. The number of halogens is 1. The summed E-state index contributed by atoms with van der Waals surface area (Å²) in [6.45, 7) is 2.00. The molecule has 0 saturated carbocycles. The van der Waals surface area contributed by atoms with Gasteiger partial charge in [0.2, 0.25) is 0 Å². The summed E-state index contributed by atoms with van der Waals surface area (Å²) in [7, 11) is 0. The predicted octanol–water partition coefficient (Wildman–Crippen LogP) is 3.86. The Hall–Kier alpha value is -0.830. The predicted molar refractivity (Wildman–Crippen MR) is 69.6 cm³/mol. The van der Waals surface area contributed by atoms with Crippen LogP contribution in [0, 0.1) is 0 Å². The normalized spacial score (nSPS) is 11.9. The van der Waals surface area contributed by atoms with Gasteiger partial charge in [0.1, 0.15) is 0 Å². The van der Waals surface area contributed by atoms with E-state index in [2.05, 4.69) is 41.8 Å². The lowest BCUT2D eigenvalue weighted by molar-refractivity contribution is 0.818. The molecular formula is C12H14ClNS. The second-order valence-corrected chi connectivity index (χ2v) is 4.34. The minimum atomic E-state index is 0. The zero-order valence-corrected chi connectivity index (χ0v) is 10.1. The fraction of sp³-hybridized carbons (Fsp3) is 0.167. The van der Waals surface area contributed by atoms with E-state index in [4.69, 9.17) is 5.73 Å². The Morgan fingerprint density at radius 2 is 1.80 bits per heavy atom. The first kappa shape index (κ1) is 12.2. The maximum Gasteiger partial charge on any atom is 0.0342 e.